The number of rotatable bonds is 3. The van der Waals surface area contributed by atoms with Crippen molar-refractivity contribution < 1.29 is 13.2 Å². The molecule has 0 spiro atoms. The molecule has 1 aliphatic rings. The van der Waals surface area contributed by atoms with E-state index in [1.54, 1.807) is 16.8 Å². The maximum Gasteiger partial charge on any atom is 0.416 e. The number of nitrogens with zero attached hydrogens (tertiary/aromatic N) is 2. The third-order valence-electron chi connectivity index (χ3n) is 3.70. The van der Waals surface area contributed by atoms with E-state index in [1.165, 1.54) is 6.07 Å². The Bertz CT molecular complexity index is 614. The first-order chi connectivity index (χ1) is 11.0. The normalized spacial score (nSPS) is 17.7. The van der Waals surface area contributed by atoms with Gasteiger partial charge in [-0.3, -0.25) is 4.68 Å². The molecule has 3 rings (SSSR count). The zero-order valence-corrected chi connectivity index (χ0v) is 13.4. The molecule has 0 amide bonds. The Labute approximate surface area is 134 Å². The Morgan fingerprint density at radius 2 is 2.04 bits per heavy atom. The minimum absolute atomic E-state index is 0.402. The molecule has 2 heterocycles. The van der Waals surface area contributed by atoms with E-state index in [0.29, 0.717) is 17.3 Å². The zero-order chi connectivity index (χ0) is 16.9. The number of nitrogens with one attached hydrogen (secondary N) is 1. The fraction of sp³-hybridized carbons (Fsp3) is 0.471. The van der Waals surface area contributed by atoms with Crippen molar-refractivity contribution in [2.75, 3.05) is 6.54 Å². The lowest BCUT2D eigenvalue weighted by Gasteiger charge is -2.10. The van der Waals surface area contributed by atoms with E-state index in [1.807, 2.05) is 20.0 Å². The van der Waals surface area contributed by atoms with Crippen molar-refractivity contribution in [3.05, 3.63) is 42.1 Å². The molecule has 0 bridgehead atoms. The van der Waals surface area contributed by atoms with Gasteiger partial charge < -0.3 is 5.32 Å². The van der Waals surface area contributed by atoms with E-state index >= 15 is 0 Å². The molecule has 0 aliphatic carbocycles. The molecule has 1 saturated heterocycles. The summed E-state index contributed by atoms with van der Waals surface area (Å²) in [5.41, 5.74) is 0.411. The summed E-state index contributed by atoms with van der Waals surface area (Å²) in [5, 5.41) is 7.75. The van der Waals surface area contributed by atoms with Crippen molar-refractivity contribution in [1.82, 2.24) is 15.1 Å². The van der Waals surface area contributed by atoms with E-state index < -0.39 is 11.7 Å². The Hall–Kier alpha value is -1.82. The van der Waals surface area contributed by atoms with E-state index in [-0.39, 0.29) is 0 Å². The predicted octanol–water partition coefficient (Wildman–Crippen LogP) is 4.35. The summed E-state index contributed by atoms with van der Waals surface area (Å²) >= 11 is 0. The molecule has 1 N–H and O–H groups in total. The molecule has 1 aromatic heterocycles. The van der Waals surface area contributed by atoms with Gasteiger partial charge in [0.2, 0.25) is 0 Å². The van der Waals surface area contributed by atoms with E-state index in [2.05, 4.69) is 10.4 Å². The summed E-state index contributed by atoms with van der Waals surface area (Å²) in [6.07, 6.45) is -0.243. The van der Waals surface area contributed by atoms with Crippen LogP contribution in [0.5, 0.6) is 0 Å². The molecule has 3 nitrogen and oxygen atoms in total. The molecule has 1 aliphatic heterocycles. The van der Waals surface area contributed by atoms with Crippen molar-refractivity contribution in [3.63, 3.8) is 0 Å². The quantitative estimate of drug-likeness (QED) is 0.909. The molecule has 2 aromatic rings. The van der Waals surface area contributed by atoms with Crippen LogP contribution in [0.25, 0.3) is 11.3 Å². The minimum Gasteiger partial charge on any atom is -0.312 e. The Kier molecular flexibility index (Phi) is 5.82. The molecule has 1 aromatic carbocycles. The summed E-state index contributed by atoms with van der Waals surface area (Å²) < 4.78 is 40.0. The fourth-order valence-corrected chi connectivity index (χ4v) is 2.61. The van der Waals surface area contributed by atoms with E-state index in [9.17, 15) is 13.2 Å². The first kappa shape index (κ1) is 17.5. The highest BCUT2D eigenvalue weighted by atomic mass is 19.4. The van der Waals surface area contributed by atoms with Crippen molar-refractivity contribution in [1.29, 1.82) is 0 Å². The molecule has 1 fully saturated rings. The average molecular weight is 325 g/mol. The minimum atomic E-state index is -4.33. The summed E-state index contributed by atoms with van der Waals surface area (Å²) in [5.74, 6) is 0. The zero-order valence-electron chi connectivity index (χ0n) is 13.4. The highest BCUT2D eigenvalue weighted by Crippen LogP contribution is 2.31. The van der Waals surface area contributed by atoms with Crippen LogP contribution in [0.1, 0.15) is 32.3 Å². The molecule has 0 unspecified atom stereocenters. The molecule has 0 saturated carbocycles. The highest BCUT2D eigenvalue weighted by Gasteiger charge is 2.30. The van der Waals surface area contributed by atoms with Gasteiger partial charge in [0.05, 0.1) is 17.8 Å². The predicted molar refractivity (Wildman–Crippen MR) is 85.0 cm³/mol. The third-order valence-corrected chi connectivity index (χ3v) is 3.70. The van der Waals surface area contributed by atoms with Crippen molar-refractivity contribution in [3.8, 4) is 11.3 Å². The van der Waals surface area contributed by atoms with Crippen LogP contribution in [0, 0.1) is 0 Å². The number of benzene rings is 1. The van der Waals surface area contributed by atoms with Gasteiger partial charge in [-0.15, -0.1) is 0 Å². The van der Waals surface area contributed by atoms with Crippen molar-refractivity contribution in [2.24, 2.45) is 0 Å². The van der Waals surface area contributed by atoms with Gasteiger partial charge in [-0.2, -0.15) is 18.3 Å². The Morgan fingerprint density at radius 1 is 1.26 bits per heavy atom. The second kappa shape index (κ2) is 7.64. The van der Waals surface area contributed by atoms with Crippen LogP contribution in [0.3, 0.4) is 0 Å². The molecular formula is C17H22F3N3. The monoisotopic (exact) mass is 325 g/mol. The van der Waals surface area contributed by atoms with Crippen LogP contribution in [-0.4, -0.2) is 22.4 Å². The second-order valence-corrected chi connectivity index (χ2v) is 5.29. The largest absolute Gasteiger partial charge is 0.416 e. The van der Waals surface area contributed by atoms with Crippen molar-refractivity contribution >= 4 is 0 Å². The topological polar surface area (TPSA) is 29.9 Å². The van der Waals surface area contributed by atoms with Crippen LogP contribution >= 0.6 is 0 Å². The lowest BCUT2D eigenvalue weighted by molar-refractivity contribution is -0.137. The number of aromatic nitrogens is 2. The molecule has 126 valence electrons. The van der Waals surface area contributed by atoms with Gasteiger partial charge in [0.15, 0.2) is 0 Å². The van der Waals surface area contributed by atoms with E-state index in [0.717, 1.165) is 38.1 Å². The molecule has 1 atom stereocenters. The van der Waals surface area contributed by atoms with Gasteiger partial charge in [0.1, 0.15) is 0 Å². The van der Waals surface area contributed by atoms with Crippen LogP contribution in [0.15, 0.2) is 36.5 Å². The van der Waals surface area contributed by atoms with Crippen molar-refractivity contribution in [2.45, 2.75) is 45.5 Å². The smallest absolute Gasteiger partial charge is 0.312 e. The molecule has 6 heteroatoms. The average Bonchev–Trinajstić information content (AvgIpc) is 3.21. The standard InChI is InChI=1S/C15H16F3N3.C2H6/c16-15(17,18)12-4-1-3-11(9-12)14-6-8-21(20-14)10-13-5-2-7-19-13;1-2/h1,3-4,6,8-9,13,19H,2,5,7,10H2;1-2H3/t13-;/m0./s1. The maximum absolute atomic E-state index is 12.7. The Balaban J connectivity index is 0.000000924. The van der Waals surface area contributed by atoms with Crippen LogP contribution in [-0.2, 0) is 12.7 Å². The van der Waals surface area contributed by atoms with Gasteiger partial charge in [-0.25, -0.2) is 0 Å². The first-order valence-electron chi connectivity index (χ1n) is 7.97. The third kappa shape index (κ3) is 4.58. The van der Waals surface area contributed by atoms with Crippen LogP contribution < -0.4 is 5.32 Å². The number of halogens is 3. The summed E-state index contributed by atoms with van der Waals surface area (Å²) in [4.78, 5) is 0. The van der Waals surface area contributed by atoms with Crippen LogP contribution in [0.4, 0.5) is 13.2 Å². The lowest BCUT2D eigenvalue weighted by atomic mass is 10.1. The summed E-state index contributed by atoms with van der Waals surface area (Å²) in [7, 11) is 0. The van der Waals surface area contributed by atoms with Gasteiger partial charge in [0.25, 0.3) is 0 Å². The maximum atomic E-state index is 12.7. The Morgan fingerprint density at radius 3 is 2.70 bits per heavy atom. The number of alkyl halides is 3. The molecule has 0 radical (unpaired) electrons. The first-order valence-corrected chi connectivity index (χ1v) is 7.97. The van der Waals surface area contributed by atoms with Gasteiger partial charge in [0, 0.05) is 17.8 Å². The van der Waals surface area contributed by atoms with Gasteiger partial charge >= 0.3 is 6.18 Å². The molecular weight excluding hydrogens is 303 g/mol. The lowest BCUT2D eigenvalue weighted by Crippen LogP contribution is -2.26. The highest BCUT2D eigenvalue weighted by molar-refractivity contribution is 5.59. The second-order valence-electron chi connectivity index (χ2n) is 5.29. The van der Waals surface area contributed by atoms with Gasteiger partial charge in [-0.05, 0) is 37.6 Å². The SMILES string of the molecule is CC.FC(F)(F)c1cccc(-c2ccn(C[C@@H]3CCCN3)n2)c1. The van der Waals surface area contributed by atoms with Crippen LogP contribution in [0.2, 0.25) is 0 Å². The summed E-state index contributed by atoms with van der Waals surface area (Å²) in [6, 6.07) is 7.43. The summed E-state index contributed by atoms with van der Waals surface area (Å²) in [6.45, 7) is 5.77. The molecule has 23 heavy (non-hydrogen) atoms. The van der Waals surface area contributed by atoms with Gasteiger partial charge in [-0.1, -0.05) is 26.0 Å². The van der Waals surface area contributed by atoms with E-state index in [4.69, 9.17) is 0 Å². The number of hydrogen-bond acceptors (Lipinski definition) is 2. The fourth-order valence-electron chi connectivity index (χ4n) is 2.61. The number of hydrogen-bond donors (Lipinski definition) is 1.